The highest BCUT2D eigenvalue weighted by Crippen LogP contribution is 2.45. The highest BCUT2D eigenvalue weighted by atomic mass is 16.6. The van der Waals surface area contributed by atoms with Gasteiger partial charge in [0, 0.05) is 57.1 Å². The second-order valence-electron chi connectivity index (χ2n) is 25.0. The summed E-state index contributed by atoms with van der Waals surface area (Å²) in [4.78, 5) is 114. The molecule has 7 rings (SSSR count). The summed E-state index contributed by atoms with van der Waals surface area (Å²) in [6.07, 6.45) is 8.20. The van der Waals surface area contributed by atoms with E-state index in [1.165, 1.54) is 19.1 Å². The molecule has 26 nitrogen and oxygen atoms in total. The lowest BCUT2D eigenvalue weighted by Crippen LogP contribution is -2.54. The van der Waals surface area contributed by atoms with Crippen molar-refractivity contribution in [3.05, 3.63) is 125 Å². The van der Waals surface area contributed by atoms with E-state index in [2.05, 4.69) is 85.1 Å². The number of alkyl carbamates (subject to hydrolysis) is 2. The zero-order chi connectivity index (χ0) is 68.6. The Morgan fingerprint density at radius 1 is 0.768 bits per heavy atom. The van der Waals surface area contributed by atoms with Crippen molar-refractivity contribution in [1.29, 1.82) is 0 Å². The summed E-state index contributed by atoms with van der Waals surface area (Å²) in [5.74, 6) is -2.46. The standard InChI is InChI=1S/C69H94N10O16/c1-41(2)61(79-59(81)21-9-8-14-32-72-67(88)91-38-54-52-18-12-10-16-50(52)51-17-11-13-19-53(51)54)64(85)78-55(20-15-33-71-65(70)86)63(84)76-48-27-25-47(26-28-48)37-90-68(89)75-40-74-66(87)73-36-49-35-69(39-92-69)62(83)58(95-49)30-23-42(3)22-29-57-43(4)34-56(45(6)94-57)77-60(82)31-24-44(5)93-46(7)80/h10-13,16-19,22-28,30-31,41,43-45,49,54-58,61-62,83H,8-9,14-15,20-21,29,32-40H2,1-7H3,(H,72,88)(H,75,89)(H,76,84)(H,77,82)(H,78,85)(H,79,81)(H3,70,71,86)(H2,73,74,87)/b30-23+,31-24-,42-22+/t43-,44-,45+,49-,55-,56+,57-,58+,61-,62+,69+/m0/s1. The molecule has 0 saturated carbocycles. The van der Waals surface area contributed by atoms with Gasteiger partial charge in [0.2, 0.25) is 23.6 Å². The number of unbranched alkanes of at least 4 members (excludes halogenated alkanes) is 2. The van der Waals surface area contributed by atoms with Gasteiger partial charge in [-0.1, -0.05) is 112 Å². The third-order valence-corrected chi connectivity index (χ3v) is 17.0. The first-order valence-electron chi connectivity index (χ1n) is 32.6. The molecule has 12 N–H and O–H groups in total. The van der Waals surface area contributed by atoms with Gasteiger partial charge in [0.1, 0.15) is 49.2 Å². The first-order valence-corrected chi connectivity index (χ1v) is 32.6. The summed E-state index contributed by atoms with van der Waals surface area (Å²) in [5, 5.41) is 35.6. The Labute approximate surface area is 554 Å². The van der Waals surface area contributed by atoms with Crippen LogP contribution in [0.4, 0.5) is 24.9 Å². The Balaban J connectivity index is 0.770. The number of nitrogens with one attached hydrogen (secondary N) is 9. The summed E-state index contributed by atoms with van der Waals surface area (Å²) in [7, 11) is 0. The van der Waals surface area contributed by atoms with E-state index >= 15 is 0 Å². The molecular formula is C69H94N10O16. The van der Waals surface area contributed by atoms with Gasteiger partial charge < -0.3 is 87.1 Å². The highest BCUT2D eigenvalue weighted by molar-refractivity contribution is 5.98. The van der Waals surface area contributed by atoms with Crippen LogP contribution in [0, 0.1) is 11.8 Å². The molecule has 0 unspecified atom stereocenters. The molecule has 516 valence electrons. The summed E-state index contributed by atoms with van der Waals surface area (Å²) >= 11 is 0. The fourth-order valence-electron chi connectivity index (χ4n) is 11.7. The topological polar surface area (TPSA) is 367 Å². The van der Waals surface area contributed by atoms with Gasteiger partial charge in [-0.25, -0.2) is 19.2 Å². The number of amides is 10. The van der Waals surface area contributed by atoms with Gasteiger partial charge in [-0.3, -0.25) is 24.0 Å². The number of nitrogens with two attached hydrogens (primary N) is 1. The van der Waals surface area contributed by atoms with Crippen LogP contribution >= 0.6 is 0 Å². The number of allylic oxidation sites excluding steroid dienone is 2. The average molecular weight is 1320 g/mol. The number of fused-ring (bicyclic) bond motifs is 3. The monoisotopic (exact) mass is 1320 g/mol. The third-order valence-electron chi connectivity index (χ3n) is 17.0. The predicted molar refractivity (Wildman–Crippen MR) is 353 cm³/mol. The molecule has 3 aromatic rings. The van der Waals surface area contributed by atoms with Crippen molar-refractivity contribution in [2.24, 2.45) is 17.6 Å². The van der Waals surface area contributed by atoms with Crippen LogP contribution in [0.1, 0.15) is 129 Å². The lowest BCUT2D eigenvalue weighted by molar-refractivity contribution is -0.143. The number of carbonyl (C=O) groups is 9. The molecule has 10 amide bonds. The van der Waals surface area contributed by atoms with E-state index in [1.807, 2.05) is 44.2 Å². The molecule has 4 aliphatic rings. The van der Waals surface area contributed by atoms with Gasteiger partial charge >= 0.3 is 30.2 Å². The lowest BCUT2D eigenvalue weighted by Gasteiger charge is -2.39. The zero-order valence-corrected chi connectivity index (χ0v) is 55.2. The zero-order valence-electron chi connectivity index (χ0n) is 55.2. The third kappa shape index (κ3) is 23.2. The SMILES string of the molecule is CC(=O)O[C@@H](C)/C=C\C(=O)N[C@@H]1C[C@H](C)[C@H](C/C=C(C)/C=C/[C@H]2O[C@H](CNC(=O)NCNC(=O)OCc3ccc(NC(=O)[C@H](CCCNC(N)=O)NC(=O)[C@@H](NC(=O)CCCCCNC(=O)OCC4c5ccccc5-c5ccccc54)C(C)C)cc3)C[C@@]3(CO3)[C@@H]2O)O[C@@H]1C. The van der Waals surface area contributed by atoms with Crippen molar-refractivity contribution in [3.63, 3.8) is 0 Å². The normalized spacial score (nSPS) is 22.2. The number of aliphatic hydroxyl groups is 1. The molecule has 3 heterocycles. The maximum Gasteiger partial charge on any atom is 0.408 e. The van der Waals surface area contributed by atoms with Crippen molar-refractivity contribution < 1.29 is 76.7 Å². The molecular weight excluding hydrogens is 1220 g/mol. The van der Waals surface area contributed by atoms with Crippen LogP contribution < -0.4 is 53.6 Å². The second kappa shape index (κ2) is 36.1. The smallest absolute Gasteiger partial charge is 0.408 e. The van der Waals surface area contributed by atoms with E-state index in [-0.39, 0.29) is 100 Å². The molecule has 0 radical (unpaired) electrons. The average Bonchev–Trinajstić information content (AvgIpc) is 1.62. The number of carbonyl (C=O) groups excluding carboxylic acids is 9. The van der Waals surface area contributed by atoms with Crippen LogP contribution in [0.3, 0.4) is 0 Å². The van der Waals surface area contributed by atoms with Crippen molar-refractivity contribution >= 4 is 59.5 Å². The maximum absolute atomic E-state index is 13.8. The molecule has 3 saturated heterocycles. The van der Waals surface area contributed by atoms with Gasteiger partial charge in [-0.05, 0) is 117 Å². The van der Waals surface area contributed by atoms with E-state index in [0.717, 1.165) is 27.8 Å². The highest BCUT2D eigenvalue weighted by Gasteiger charge is 2.58. The number of benzene rings is 3. The van der Waals surface area contributed by atoms with E-state index in [9.17, 15) is 48.3 Å². The van der Waals surface area contributed by atoms with Gasteiger partial charge in [0.25, 0.3) is 0 Å². The van der Waals surface area contributed by atoms with Crippen molar-refractivity contribution in [2.75, 3.05) is 44.8 Å². The summed E-state index contributed by atoms with van der Waals surface area (Å²) < 4.78 is 34.3. The van der Waals surface area contributed by atoms with E-state index in [1.54, 1.807) is 51.1 Å². The predicted octanol–water partition coefficient (Wildman–Crippen LogP) is 6.27. The number of rotatable bonds is 32. The van der Waals surface area contributed by atoms with Crippen LogP contribution in [0.15, 0.2) is 109 Å². The molecule has 3 aromatic carbocycles. The number of urea groups is 2. The second-order valence-corrected chi connectivity index (χ2v) is 25.0. The fourth-order valence-corrected chi connectivity index (χ4v) is 11.7. The van der Waals surface area contributed by atoms with Crippen molar-refractivity contribution in [3.8, 4) is 11.1 Å². The molecule has 1 spiro atoms. The minimum absolute atomic E-state index is 0.0518. The largest absolute Gasteiger partial charge is 0.459 e. The number of hydrogen-bond donors (Lipinski definition) is 11. The number of primary amides is 1. The number of anilines is 1. The first-order chi connectivity index (χ1) is 45.5. The van der Waals surface area contributed by atoms with E-state index in [4.69, 9.17) is 34.2 Å². The number of hydrogen-bond acceptors (Lipinski definition) is 16. The van der Waals surface area contributed by atoms with Gasteiger partial charge in [0.05, 0.1) is 37.6 Å². The molecule has 11 atom stereocenters. The molecule has 3 fully saturated rings. The number of aliphatic hydroxyl groups excluding tert-OH is 1. The molecule has 0 aromatic heterocycles. The minimum Gasteiger partial charge on any atom is -0.459 e. The summed E-state index contributed by atoms with van der Waals surface area (Å²) in [6.45, 7) is 13.2. The van der Waals surface area contributed by atoms with Crippen LogP contribution in [-0.2, 0) is 59.0 Å². The Kier molecular flexibility index (Phi) is 28.0. The van der Waals surface area contributed by atoms with Crippen molar-refractivity contribution in [1.82, 2.24) is 42.5 Å². The van der Waals surface area contributed by atoms with Gasteiger partial charge in [-0.2, -0.15) is 0 Å². The summed E-state index contributed by atoms with van der Waals surface area (Å²) in [6, 6.07) is 19.1. The Bertz CT molecular complexity index is 3180. The van der Waals surface area contributed by atoms with Crippen molar-refractivity contribution in [2.45, 2.75) is 179 Å². The maximum atomic E-state index is 13.8. The van der Waals surface area contributed by atoms with Gasteiger partial charge in [0.15, 0.2) is 0 Å². The molecule has 3 aliphatic heterocycles. The first kappa shape index (κ1) is 73.6. The van der Waals surface area contributed by atoms with Crippen LogP contribution in [0.25, 0.3) is 11.1 Å². The molecule has 95 heavy (non-hydrogen) atoms. The summed E-state index contributed by atoms with van der Waals surface area (Å²) in [5.41, 5.74) is 10.8. The van der Waals surface area contributed by atoms with Crippen LogP contribution in [0.2, 0.25) is 0 Å². The minimum atomic E-state index is -1.08. The number of esters is 1. The Hall–Kier alpha value is -8.85. The number of ether oxygens (including phenoxy) is 6. The van der Waals surface area contributed by atoms with E-state index < -0.39 is 84.1 Å². The quantitative estimate of drug-likeness (QED) is 0.00624. The molecule has 0 bridgehead atoms. The fraction of sp³-hybridized carbons (Fsp3) is 0.522. The van der Waals surface area contributed by atoms with Gasteiger partial charge in [-0.15, -0.1) is 0 Å². The lowest BCUT2D eigenvalue weighted by atomic mass is 9.87. The Morgan fingerprint density at radius 2 is 1.45 bits per heavy atom. The van der Waals surface area contributed by atoms with Crippen LogP contribution in [0.5, 0.6) is 0 Å². The van der Waals surface area contributed by atoms with E-state index in [0.29, 0.717) is 62.9 Å². The van der Waals surface area contributed by atoms with Crippen LogP contribution in [-0.4, -0.2) is 159 Å². The number of epoxide rings is 1. The molecule has 26 heteroatoms. The Morgan fingerprint density at radius 3 is 2.13 bits per heavy atom. The molecule has 1 aliphatic carbocycles.